The maximum atomic E-state index is 13.7. The van der Waals surface area contributed by atoms with E-state index in [-0.39, 0.29) is 15.9 Å². The predicted molar refractivity (Wildman–Crippen MR) is 126 cm³/mol. The van der Waals surface area contributed by atoms with Crippen molar-refractivity contribution in [3.63, 3.8) is 0 Å². The molecule has 0 radical (unpaired) electrons. The Kier molecular flexibility index (Phi) is 6.88. The van der Waals surface area contributed by atoms with Crippen LogP contribution in [0.15, 0.2) is 103 Å². The average Bonchev–Trinajstić information content (AvgIpc) is 2.84. The van der Waals surface area contributed by atoms with Crippen molar-refractivity contribution < 1.29 is 39.5 Å². The lowest BCUT2D eigenvalue weighted by atomic mass is 10.2. The third-order valence-corrected chi connectivity index (χ3v) is 10.1. The Labute approximate surface area is 206 Å². The molecule has 0 saturated heterocycles. The van der Waals surface area contributed by atoms with Crippen molar-refractivity contribution in [3.8, 4) is 0 Å². The van der Waals surface area contributed by atoms with Gasteiger partial charge in [-0.15, -0.1) is 0 Å². The minimum Gasteiger partial charge on any atom is -0.166 e. The molecular formula is C27H17F9P+. The standard InChI is InChI=1S/C27H17F9P/c28-25(29,30)18-7-4-12-22(15-18)37(21-10-2-1-3-11-21,23-13-5-8-19(16-23)26(31,32)33)24-14-6-9-20(17-24)27(34,35)36/h1-17H/q+1. The fourth-order valence-corrected chi connectivity index (χ4v) is 8.55. The Morgan fingerprint density at radius 3 is 0.946 bits per heavy atom. The van der Waals surface area contributed by atoms with Gasteiger partial charge < -0.3 is 0 Å². The van der Waals surface area contributed by atoms with Crippen LogP contribution in [-0.2, 0) is 18.5 Å². The van der Waals surface area contributed by atoms with Crippen molar-refractivity contribution in [1.29, 1.82) is 0 Å². The van der Waals surface area contributed by atoms with Crippen molar-refractivity contribution in [2.75, 3.05) is 0 Å². The SMILES string of the molecule is FC(F)(F)c1cccc([P+](c2ccccc2)(c2cccc(C(F)(F)F)c2)c2cccc(C(F)(F)F)c2)c1. The number of rotatable bonds is 4. The van der Waals surface area contributed by atoms with Crippen molar-refractivity contribution in [3.05, 3.63) is 120 Å². The molecule has 37 heavy (non-hydrogen) atoms. The quantitative estimate of drug-likeness (QED) is 0.186. The average molecular weight is 543 g/mol. The summed E-state index contributed by atoms with van der Waals surface area (Å²) in [6, 6.07) is 19.8. The van der Waals surface area contributed by atoms with Gasteiger partial charge in [0, 0.05) is 0 Å². The molecule has 0 aliphatic heterocycles. The first kappa shape index (κ1) is 26.7. The second-order valence-corrected chi connectivity index (χ2v) is 11.6. The third-order valence-electron chi connectivity index (χ3n) is 5.83. The molecule has 0 aliphatic carbocycles. The van der Waals surface area contributed by atoms with Crippen LogP contribution in [0.1, 0.15) is 16.7 Å². The normalized spacial score (nSPS) is 13.0. The van der Waals surface area contributed by atoms with E-state index < -0.39 is 42.5 Å². The molecule has 0 bridgehead atoms. The molecule has 0 unspecified atom stereocenters. The minimum absolute atomic E-state index is 0.0350. The van der Waals surface area contributed by atoms with Gasteiger partial charge in [0.2, 0.25) is 0 Å². The summed E-state index contributed by atoms with van der Waals surface area (Å²) >= 11 is 0. The molecule has 4 aromatic rings. The lowest BCUT2D eigenvalue weighted by Gasteiger charge is -2.29. The van der Waals surface area contributed by atoms with Crippen LogP contribution >= 0.6 is 7.26 Å². The highest BCUT2D eigenvalue weighted by Crippen LogP contribution is 2.55. The molecule has 0 fully saturated rings. The molecule has 0 amide bonds. The monoisotopic (exact) mass is 543 g/mol. The van der Waals surface area contributed by atoms with Crippen molar-refractivity contribution >= 4 is 28.5 Å². The van der Waals surface area contributed by atoms with Gasteiger partial charge in [-0.25, -0.2) is 0 Å². The van der Waals surface area contributed by atoms with Crippen LogP contribution in [0, 0.1) is 0 Å². The molecule has 4 aromatic carbocycles. The van der Waals surface area contributed by atoms with Gasteiger partial charge in [-0.3, -0.25) is 0 Å². The van der Waals surface area contributed by atoms with Crippen molar-refractivity contribution in [2.45, 2.75) is 18.5 Å². The summed E-state index contributed by atoms with van der Waals surface area (Å²) in [4.78, 5) is 0. The first-order chi connectivity index (χ1) is 17.2. The van der Waals surface area contributed by atoms with Crippen LogP contribution in [0.2, 0.25) is 0 Å². The summed E-state index contributed by atoms with van der Waals surface area (Å²) in [6.45, 7) is 0. The lowest BCUT2D eigenvalue weighted by Crippen LogP contribution is -2.39. The predicted octanol–water partition coefficient (Wildman–Crippen LogP) is 7.36. The molecule has 0 N–H and O–H groups in total. The molecule has 0 saturated carbocycles. The van der Waals surface area contributed by atoms with E-state index in [0.29, 0.717) is 5.30 Å². The summed E-state index contributed by atoms with van der Waals surface area (Å²) in [5, 5.41) is 0.194. The van der Waals surface area contributed by atoms with Crippen molar-refractivity contribution in [2.24, 2.45) is 0 Å². The number of alkyl halides is 9. The molecular weight excluding hydrogens is 526 g/mol. The third kappa shape index (κ3) is 5.23. The Bertz CT molecular complexity index is 1250. The summed E-state index contributed by atoms with van der Waals surface area (Å²) in [7, 11) is -3.70. The molecule has 10 heteroatoms. The van der Waals surface area contributed by atoms with Gasteiger partial charge in [0.25, 0.3) is 0 Å². The number of hydrogen-bond donors (Lipinski definition) is 0. The Hall–Kier alpha value is -3.32. The first-order valence-corrected chi connectivity index (χ1v) is 12.5. The largest absolute Gasteiger partial charge is 0.416 e. The van der Waals surface area contributed by atoms with Crippen LogP contribution < -0.4 is 21.2 Å². The smallest absolute Gasteiger partial charge is 0.166 e. The van der Waals surface area contributed by atoms with Crippen LogP contribution in [0.3, 0.4) is 0 Å². The summed E-state index contributed by atoms with van der Waals surface area (Å²) in [5.74, 6) is 0. The first-order valence-electron chi connectivity index (χ1n) is 10.7. The fraction of sp³-hybridized carbons (Fsp3) is 0.111. The van der Waals surface area contributed by atoms with E-state index in [1.807, 2.05) is 0 Å². The van der Waals surface area contributed by atoms with Crippen molar-refractivity contribution in [1.82, 2.24) is 0 Å². The second-order valence-electron chi connectivity index (χ2n) is 8.15. The summed E-state index contributed by atoms with van der Waals surface area (Å²) < 4.78 is 123. The maximum absolute atomic E-state index is 13.7. The van der Waals surface area contributed by atoms with Gasteiger partial charge in [0.1, 0.15) is 28.5 Å². The van der Waals surface area contributed by atoms with Crippen LogP contribution in [0.5, 0.6) is 0 Å². The fourth-order valence-electron chi connectivity index (χ4n) is 4.22. The highest BCUT2D eigenvalue weighted by atomic mass is 31.2. The van der Waals surface area contributed by atoms with Gasteiger partial charge in [-0.1, -0.05) is 36.4 Å². The number of halogens is 9. The number of hydrogen-bond acceptors (Lipinski definition) is 0. The zero-order valence-electron chi connectivity index (χ0n) is 18.7. The highest BCUT2D eigenvalue weighted by molar-refractivity contribution is 8.01. The zero-order valence-corrected chi connectivity index (χ0v) is 19.6. The lowest BCUT2D eigenvalue weighted by molar-refractivity contribution is -0.138. The second kappa shape index (κ2) is 9.53. The van der Waals surface area contributed by atoms with Gasteiger partial charge in [0.15, 0.2) is 0 Å². The van der Waals surface area contributed by atoms with E-state index >= 15 is 0 Å². The van der Waals surface area contributed by atoms with Gasteiger partial charge in [0.05, 0.1) is 16.7 Å². The van der Waals surface area contributed by atoms with Gasteiger partial charge >= 0.3 is 18.5 Å². The highest BCUT2D eigenvalue weighted by Gasteiger charge is 2.50. The molecule has 4 rings (SSSR count). The molecule has 0 aliphatic rings. The summed E-state index contributed by atoms with van der Waals surface area (Å²) in [5.41, 5.74) is -3.20. The Balaban J connectivity index is 2.19. The molecule has 0 heterocycles. The summed E-state index contributed by atoms with van der Waals surface area (Å²) in [6.07, 6.45) is -14.4. The Morgan fingerprint density at radius 1 is 0.351 bits per heavy atom. The zero-order chi connectivity index (χ0) is 27.1. The Morgan fingerprint density at radius 2 is 0.649 bits per heavy atom. The van der Waals surface area contributed by atoms with Crippen LogP contribution in [-0.4, -0.2) is 0 Å². The van der Waals surface area contributed by atoms with Crippen LogP contribution in [0.25, 0.3) is 0 Å². The molecule has 0 spiro atoms. The molecule has 0 aromatic heterocycles. The topological polar surface area (TPSA) is 0 Å². The molecule has 192 valence electrons. The van der Waals surface area contributed by atoms with Gasteiger partial charge in [-0.05, 0) is 66.7 Å². The number of benzene rings is 4. The minimum atomic E-state index is -4.79. The van der Waals surface area contributed by atoms with E-state index in [0.717, 1.165) is 54.6 Å². The molecule has 0 nitrogen and oxygen atoms in total. The van der Waals surface area contributed by atoms with E-state index in [2.05, 4.69) is 0 Å². The van der Waals surface area contributed by atoms with E-state index in [1.54, 1.807) is 18.2 Å². The van der Waals surface area contributed by atoms with Gasteiger partial charge in [-0.2, -0.15) is 39.5 Å². The van der Waals surface area contributed by atoms with E-state index in [4.69, 9.17) is 0 Å². The molecule has 0 atom stereocenters. The van der Waals surface area contributed by atoms with E-state index in [9.17, 15) is 39.5 Å². The van der Waals surface area contributed by atoms with Crippen LogP contribution in [0.4, 0.5) is 39.5 Å². The maximum Gasteiger partial charge on any atom is 0.416 e. The van der Waals surface area contributed by atoms with E-state index in [1.165, 1.54) is 30.3 Å².